The van der Waals surface area contributed by atoms with E-state index >= 15 is 4.39 Å². The summed E-state index contributed by atoms with van der Waals surface area (Å²) in [5, 5.41) is 19.4. The molecule has 46 heavy (non-hydrogen) atoms. The van der Waals surface area contributed by atoms with Crippen LogP contribution in [0.15, 0.2) is 36.5 Å². The van der Waals surface area contributed by atoms with Gasteiger partial charge in [-0.2, -0.15) is 5.10 Å². The molecule has 2 aliphatic carbocycles. The summed E-state index contributed by atoms with van der Waals surface area (Å²) < 4.78 is 56.4. The van der Waals surface area contributed by atoms with Gasteiger partial charge in [0.15, 0.2) is 0 Å². The summed E-state index contributed by atoms with van der Waals surface area (Å²) in [6.07, 6.45) is 3.42. The van der Waals surface area contributed by atoms with Gasteiger partial charge in [-0.1, -0.05) is 11.6 Å². The Labute approximate surface area is 265 Å². The first kappa shape index (κ1) is 30.3. The molecule has 2 aromatic carbocycles. The maximum atomic E-state index is 15.2. The fraction of sp³-hybridized carbons (Fsp3) is 0.375. The number of hydrogen-bond acceptors (Lipinski definition) is 7. The molecule has 0 radical (unpaired) electrons. The maximum absolute atomic E-state index is 15.2. The van der Waals surface area contributed by atoms with E-state index in [1.165, 1.54) is 30.1 Å². The molecule has 3 aliphatic rings. The van der Waals surface area contributed by atoms with E-state index in [1.807, 2.05) is 0 Å². The Hall–Kier alpha value is -4.36. The van der Waals surface area contributed by atoms with Crippen LogP contribution >= 0.6 is 11.6 Å². The maximum Gasteiger partial charge on any atom is 0.251 e. The zero-order valence-corrected chi connectivity index (χ0v) is 25.6. The van der Waals surface area contributed by atoms with Crippen molar-refractivity contribution < 1.29 is 37.3 Å². The fourth-order valence-corrected chi connectivity index (χ4v) is 6.11. The first-order valence-electron chi connectivity index (χ1n) is 14.7. The number of aliphatic hydroxyl groups is 1. The van der Waals surface area contributed by atoms with Gasteiger partial charge in [0, 0.05) is 47.2 Å². The van der Waals surface area contributed by atoms with E-state index in [2.05, 4.69) is 15.4 Å². The number of benzene rings is 2. The summed E-state index contributed by atoms with van der Waals surface area (Å²) in [6.45, 7) is 1.07. The van der Waals surface area contributed by atoms with Gasteiger partial charge >= 0.3 is 0 Å². The summed E-state index contributed by atoms with van der Waals surface area (Å²) in [6, 6.07) is 6.19. The van der Waals surface area contributed by atoms with E-state index in [-0.39, 0.29) is 63.7 Å². The summed E-state index contributed by atoms with van der Waals surface area (Å²) in [4.78, 5) is 30.7. The van der Waals surface area contributed by atoms with E-state index in [0.717, 1.165) is 6.07 Å². The molecule has 2 aromatic heterocycles. The lowest BCUT2D eigenvalue weighted by molar-refractivity contribution is -0.123. The molecule has 0 bridgehead atoms. The highest BCUT2D eigenvalue weighted by molar-refractivity contribution is 6.31. The van der Waals surface area contributed by atoms with Gasteiger partial charge in [0.2, 0.25) is 11.7 Å². The number of nitrogens with two attached hydrogens (primary N) is 1. The van der Waals surface area contributed by atoms with E-state index in [9.17, 15) is 23.5 Å². The van der Waals surface area contributed by atoms with Crippen molar-refractivity contribution in [3.63, 3.8) is 0 Å². The molecule has 4 aromatic rings. The Morgan fingerprint density at radius 1 is 1.22 bits per heavy atom. The lowest BCUT2D eigenvalue weighted by Crippen LogP contribution is -2.44. The van der Waals surface area contributed by atoms with E-state index in [0.29, 0.717) is 42.7 Å². The number of halogens is 4. The highest BCUT2D eigenvalue weighted by Gasteiger charge is 2.50. The minimum atomic E-state index is -1.77. The van der Waals surface area contributed by atoms with Crippen molar-refractivity contribution in [3.8, 4) is 22.8 Å². The van der Waals surface area contributed by atoms with Gasteiger partial charge < -0.3 is 25.6 Å². The third-order valence-corrected chi connectivity index (χ3v) is 9.51. The molecule has 7 rings (SSSR count). The highest BCUT2D eigenvalue weighted by atomic mass is 35.5. The number of carbonyl (C=O) groups is 2. The molecule has 240 valence electrons. The van der Waals surface area contributed by atoms with Gasteiger partial charge in [0.05, 0.1) is 24.4 Å². The van der Waals surface area contributed by atoms with Crippen molar-refractivity contribution in [3.05, 3.63) is 70.0 Å². The van der Waals surface area contributed by atoms with Gasteiger partial charge in [-0.15, -0.1) is 0 Å². The molecule has 1 aliphatic heterocycles. The molecule has 2 fully saturated rings. The number of nitrogens with one attached hydrogen (secondary N) is 1. The van der Waals surface area contributed by atoms with E-state index < -0.39 is 40.3 Å². The normalized spacial score (nSPS) is 20.9. The number of aromatic nitrogens is 3. The number of nitrogens with zero attached hydrogens (tertiary/aromatic N) is 3. The van der Waals surface area contributed by atoms with Gasteiger partial charge in [0.1, 0.15) is 52.0 Å². The number of ether oxygens (including phenoxy) is 2. The van der Waals surface area contributed by atoms with Crippen LogP contribution in [0.2, 0.25) is 5.02 Å². The Balaban J connectivity index is 1.27. The zero-order chi connectivity index (χ0) is 32.8. The number of rotatable bonds is 9. The smallest absolute Gasteiger partial charge is 0.251 e. The number of hydrogen-bond donors (Lipinski definition) is 3. The molecule has 10 nitrogen and oxygen atoms in total. The molecular formula is C32H29ClF3N5O5. The van der Waals surface area contributed by atoms with Crippen LogP contribution in [0.25, 0.3) is 22.2 Å². The van der Waals surface area contributed by atoms with Crippen molar-refractivity contribution in [2.75, 3.05) is 20.3 Å². The standard InChI is InChI=1S/C32H29ClF3N5O5/c1-30(29(37)43)14-46-27-19(30)10-24(39-26(27)18-9-20(33)22(35)11-21(18)34)32(44,17-3-4-17)13-38-28(42)15-7-16-12-41(31(36)5-6-31)40-25(16)23(8-15)45-2/h7-12,17,44H,3-6,13-14H2,1-2H3,(H2,37,43)(H,38,42)/t30-,32?/m0/s1. The second kappa shape index (κ2) is 10.3. The lowest BCUT2D eigenvalue weighted by atomic mass is 9.81. The molecule has 2 atom stereocenters. The molecule has 2 saturated carbocycles. The van der Waals surface area contributed by atoms with Crippen molar-refractivity contribution >= 4 is 34.3 Å². The minimum absolute atomic E-state index is 0.0360. The number of fused-ring (bicyclic) bond motifs is 2. The predicted octanol–water partition coefficient (Wildman–Crippen LogP) is 4.62. The second-order valence-electron chi connectivity index (χ2n) is 12.5. The molecule has 1 unspecified atom stereocenters. The minimum Gasteiger partial charge on any atom is -0.494 e. The van der Waals surface area contributed by atoms with Crippen LogP contribution in [0, 0.1) is 17.6 Å². The van der Waals surface area contributed by atoms with Crippen LogP contribution in [0.1, 0.15) is 54.2 Å². The summed E-state index contributed by atoms with van der Waals surface area (Å²) >= 11 is 6.00. The summed E-state index contributed by atoms with van der Waals surface area (Å²) in [5.41, 5.74) is 3.21. The molecule has 4 N–H and O–H groups in total. The molecule has 0 saturated heterocycles. The lowest BCUT2D eigenvalue weighted by Gasteiger charge is -2.30. The van der Waals surface area contributed by atoms with Crippen LogP contribution < -0.4 is 20.5 Å². The van der Waals surface area contributed by atoms with Crippen molar-refractivity contribution in [2.24, 2.45) is 11.7 Å². The quantitative estimate of drug-likeness (QED) is 0.224. The second-order valence-corrected chi connectivity index (χ2v) is 12.9. The molecule has 3 heterocycles. The third kappa shape index (κ3) is 4.75. The van der Waals surface area contributed by atoms with Crippen molar-refractivity contribution in [2.45, 2.75) is 49.4 Å². The molecule has 0 spiro atoms. The van der Waals surface area contributed by atoms with E-state index in [1.54, 1.807) is 13.0 Å². The van der Waals surface area contributed by atoms with Crippen molar-refractivity contribution in [1.29, 1.82) is 0 Å². The third-order valence-electron chi connectivity index (χ3n) is 9.23. The highest BCUT2D eigenvalue weighted by Crippen LogP contribution is 2.50. The van der Waals surface area contributed by atoms with Crippen LogP contribution in [-0.4, -0.2) is 51.9 Å². The van der Waals surface area contributed by atoms with Crippen LogP contribution in [-0.2, 0) is 21.6 Å². The Kier molecular flexibility index (Phi) is 6.80. The number of carbonyl (C=O) groups excluding carboxylic acids is 2. The zero-order valence-electron chi connectivity index (χ0n) is 24.8. The number of methoxy groups -OCH3 is 1. The first-order valence-corrected chi connectivity index (χ1v) is 15.1. The van der Waals surface area contributed by atoms with Gasteiger partial charge in [-0.3, -0.25) is 9.59 Å². The predicted molar refractivity (Wildman–Crippen MR) is 160 cm³/mol. The average Bonchev–Trinajstić information content (AvgIpc) is 3.95. The first-order chi connectivity index (χ1) is 21.8. The summed E-state index contributed by atoms with van der Waals surface area (Å²) in [5.74, 6) is -4.80. The van der Waals surface area contributed by atoms with Crippen LogP contribution in [0.3, 0.4) is 0 Å². The summed E-state index contributed by atoms with van der Waals surface area (Å²) in [7, 11) is 1.42. The molecule has 14 heteroatoms. The van der Waals surface area contributed by atoms with Gasteiger partial charge in [0.25, 0.3) is 5.91 Å². The van der Waals surface area contributed by atoms with Crippen LogP contribution in [0.4, 0.5) is 13.2 Å². The van der Waals surface area contributed by atoms with Crippen LogP contribution in [0.5, 0.6) is 11.5 Å². The molecular weight excluding hydrogens is 627 g/mol. The topological polar surface area (TPSA) is 142 Å². The SMILES string of the molecule is COc1cc(C(=O)NCC(O)(c2cc3c(c(-c4cc(Cl)c(F)cc4F)n2)OC[C@]3(C)C(N)=O)C2CC2)cc2cn(C3(F)CC3)nc12. The Morgan fingerprint density at radius 3 is 2.61 bits per heavy atom. The fourth-order valence-electron chi connectivity index (χ4n) is 5.95. The number of primary amides is 1. The number of alkyl halides is 1. The number of pyridine rings is 1. The average molecular weight is 656 g/mol. The van der Waals surface area contributed by atoms with Crippen molar-refractivity contribution in [1.82, 2.24) is 20.1 Å². The molecule has 2 amide bonds. The Bertz CT molecular complexity index is 1960. The van der Waals surface area contributed by atoms with Gasteiger partial charge in [-0.25, -0.2) is 22.8 Å². The van der Waals surface area contributed by atoms with E-state index in [4.69, 9.17) is 26.8 Å². The van der Waals surface area contributed by atoms with Gasteiger partial charge in [-0.05, 0) is 49.9 Å². The Morgan fingerprint density at radius 2 is 1.96 bits per heavy atom. The largest absolute Gasteiger partial charge is 0.494 e. The monoisotopic (exact) mass is 655 g/mol. The number of amides is 2.